The molecule has 0 amide bonds. The minimum Gasteiger partial charge on any atom is -0.493 e. The summed E-state index contributed by atoms with van der Waals surface area (Å²) < 4.78 is 5.67. The van der Waals surface area contributed by atoms with Gasteiger partial charge in [-0.1, -0.05) is 12.1 Å². The van der Waals surface area contributed by atoms with E-state index < -0.39 is 0 Å². The molecule has 3 aromatic rings. The van der Waals surface area contributed by atoms with Gasteiger partial charge in [0.2, 0.25) is 0 Å². The lowest BCUT2D eigenvalue weighted by Gasteiger charge is -2.31. The maximum atomic E-state index is 5.67. The van der Waals surface area contributed by atoms with Crippen molar-refractivity contribution in [3.63, 3.8) is 0 Å². The van der Waals surface area contributed by atoms with Gasteiger partial charge < -0.3 is 15.0 Å². The number of hydrogen-bond donors (Lipinski definition) is 2. The van der Waals surface area contributed by atoms with Crippen molar-refractivity contribution in [2.24, 2.45) is 0 Å². The summed E-state index contributed by atoms with van der Waals surface area (Å²) in [7, 11) is 0. The molecule has 26 heavy (non-hydrogen) atoms. The number of nitrogens with one attached hydrogen (secondary N) is 2. The van der Waals surface area contributed by atoms with Crippen LogP contribution in [0.2, 0.25) is 0 Å². The van der Waals surface area contributed by atoms with E-state index in [1.54, 1.807) is 6.20 Å². The molecule has 1 aliphatic carbocycles. The van der Waals surface area contributed by atoms with Gasteiger partial charge in [0.1, 0.15) is 5.75 Å². The fraction of sp³-hybridized carbons (Fsp3) is 0.333. The predicted octanol–water partition coefficient (Wildman–Crippen LogP) is 2.66. The number of nitrogens with zero attached hydrogens (tertiary/aromatic N) is 2. The first-order valence-electron chi connectivity index (χ1n) is 9.38. The van der Waals surface area contributed by atoms with Crippen LogP contribution in [0.25, 0.3) is 0 Å². The van der Waals surface area contributed by atoms with Crippen LogP contribution in [0.1, 0.15) is 51.2 Å². The van der Waals surface area contributed by atoms with Crippen molar-refractivity contribution in [3.05, 3.63) is 75.9 Å². The fourth-order valence-electron chi connectivity index (χ4n) is 4.80. The third-order valence-corrected chi connectivity index (χ3v) is 6.09. The quantitative estimate of drug-likeness (QED) is 0.712. The summed E-state index contributed by atoms with van der Waals surface area (Å²) in [6.07, 6.45) is 7.09. The molecule has 2 atom stereocenters. The standard InChI is InChI=1S/C21H20N4O/c1-2-15-10-22-20-16(13-3-4-17-14(9-13)6-8-26-17)11-23-21(18(15)20)19-12(1)5-7-24-25-19/h3-5,7,9-10,16,21-23H,1-2,6,8,11H2. The van der Waals surface area contributed by atoms with Crippen LogP contribution in [0.4, 0.5) is 0 Å². The molecule has 0 saturated carbocycles. The molecule has 0 spiro atoms. The highest BCUT2D eigenvalue weighted by atomic mass is 16.5. The van der Waals surface area contributed by atoms with E-state index in [1.807, 2.05) is 0 Å². The number of rotatable bonds is 1. The van der Waals surface area contributed by atoms with Crippen molar-refractivity contribution in [2.75, 3.05) is 13.2 Å². The number of fused-ring (bicyclic) bond motifs is 3. The summed E-state index contributed by atoms with van der Waals surface area (Å²) in [5.41, 5.74) is 9.22. The van der Waals surface area contributed by atoms with Gasteiger partial charge in [0.15, 0.2) is 0 Å². The van der Waals surface area contributed by atoms with E-state index in [2.05, 4.69) is 51.0 Å². The van der Waals surface area contributed by atoms with Crippen LogP contribution in [0.5, 0.6) is 5.75 Å². The molecular formula is C21H20N4O. The molecule has 2 unspecified atom stereocenters. The zero-order valence-electron chi connectivity index (χ0n) is 14.5. The maximum absolute atomic E-state index is 5.67. The molecule has 1 aromatic carbocycles. The SMILES string of the molecule is c1cc2c(nn1)C1NCC(c3ccc4c(c3)CCO4)c3[nH]cc(c31)CC2. The highest BCUT2D eigenvalue weighted by molar-refractivity contribution is 5.51. The summed E-state index contributed by atoms with van der Waals surface area (Å²) in [6.45, 7) is 1.70. The van der Waals surface area contributed by atoms with Gasteiger partial charge in [0.25, 0.3) is 0 Å². The zero-order chi connectivity index (χ0) is 17.1. The monoisotopic (exact) mass is 344 g/mol. The number of aryl methyl sites for hydroxylation is 2. The Morgan fingerprint density at radius 1 is 1.04 bits per heavy atom. The Balaban J connectivity index is 1.47. The minimum absolute atomic E-state index is 0.145. The Hall–Kier alpha value is -2.66. The smallest absolute Gasteiger partial charge is 0.122 e. The number of aromatic nitrogens is 3. The van der Waals surface area contributed by atoms with Gasteiger partial charge in [0.05, 0.1) is 18.3 Å². The van der Waals surface area contributed by atoms with E-state index in [0.29, 0.717) is 5.92 Å². The average Bonchev–Trinajstić information content (AvgIpc) is 3.29. The highest BCUT2D eigenvalue weighted by Gasteiger charge is 2.36. The molecule has 0 radical (unpaired) electrons. The summed E-state index contributed by atoms with van der Waals surface area (Å²) in [4.78, 5) is 3.60. The molecule has 0 saturated heterocycles. The van der Waals surface area contributed by atoms with E-state index in [0.717, 1.165) is 43.9 Å². The summed E-state index contributed by atoms with van der Waals surface area (Å²) >= 11 is 0. The van der Waals surface area contributed by atoms with Crippen LogP contribution in [-0.2, 0) is 19.3 Å². The number of ether oxygens (including phenoxy) is 1. The lowest BCUT2D eigenvalue weighted by atomic mass is 9.84. The first-order chi connectivity index (χ1) is 12.9. The van der Waals surface area contributed by atoms with Gasteiger partial charge in [-0.3, -0.25) is 0 Å². The zero-order valence-corrected chi connectivity index (χ0v) is 14.5. The molecule has 2 N–H and O–H groups in total. The second-order valence-corrected chi connectivity index (χ2v) is 7.44. The Kier molecular flexibility index (Phi) is 3.02. The van der Waals surface area contributed by atoms with Crippen LogP contribution in [0, 0.1) is 0 Å². The Morgan fingerprint density at radius 2 is 2.00 bits per heavy atom. The molecule has 3 aliphatic rings. The topological polar surface area (TPSA) is 62.8 Å². The van der Waals surface area contributed by atoms with Crippen LogP contribution >= 0.6 is 0 Å². The Morgan fingerprint density at radius 3 is 3.00 bits per heavy atom. The van der Waals surface area contributed by atoms with E-state index in [4.69, 9.17) is 4.74 Å². The van der Waals surface area contributed by atoms with E-state index in [1.165, 1.54) is 33.5 Å². The minimum atomic E-state index is 0.145. The predicted molar refractivity (Wildman–Crippen MR) is 97.6 cm³/mol. The largest absolute Gasteiger partial charge is 0.493 e. The van der Waals surface area contributed by atoms with E-state index in [9.17, 15) is 0 Å². The van der Waals surface area contributed by atoms with Gasteiger partial charge in [0, 0.05) is 37.0 Å². The van der Waals surface area contributed by atoms with Crippen molar-refractivity contribution in [1.29, 1.82) is 0 Å². The number of hydrogen-bond acceptors (Lipinski definition) is 4. The molecule has 0 fully saturated rings. The molecule has 6 rings (SSSR count). The maximum Gasteiger partial charge on any atom is 0.122 e. The van der Waals surface area contributed by atoms with Gasteiger partial charge in [-0.15, -0.1) is 0 Å². The number of aromatic amines is 1. The Bertz CT molecular complexity index is 1010. The van der Waals surface area contributed by atoms with Gasteiger partial charge in [-0.05, 0) is 52.8 Å². The molecule has 2 aliphatic heterocycles. The van der Waals surface area contributed by atoms with Crippen LogP contribution in [0.3, 0.4) is 0 Å². The molecule has 5 heteroatoms. The van der Waals surface area contributed by atoms with Crippen molar-refractivity contribution in [2.45, 2.75) is 31.2 Å². The van der Waals surface area contributed by atoms with Crippen molar-refractivity contribution in [1.82, 2.24) is 20.5 Å². The molecule has 4 heterocycles. The third-order valence-electron chi connectivity index (χ3n) is 6.09. The highest BCUT2D eigenvalue weighted by Crippen LogP contribution is 2.42. The van der Waals surface area contributed by atoms with Crippen LogP contribution in [0.15, 0.2) is 36.7 Å². The molecule has 2 aromatic heterocycles. The normalized spacial score (nSPS) is 22.8. The second kappa shape index (κ2) is 5.42. The fourth-order valence-corrected chi connectivity index (χ4v) is 4.80. The molecule has 5 nitrogen and oxygen atoms in total. The van der Waals surface area contributed by atoms with Gasteiger partial charge in [-0.25, -0.2) is 0 Å². The first kappa shape index (κ1) is 14.5. The van der Waals surface area contributed by atoms with Crippen molar-refractivity contribution < 1.29 is 4.74 Å². The van der Waals surface area contributed by atoms with Gasteiger partial charge in [-0.2, -0.15) is 10.2 Å². The lowest BCUT2D eigenvalue weighted by molar-refractivity contribution is 0.357. The van der Waals surface area contributed by atoms with Crippen molar-refractivity contribution >= 4 is 0 Å². The summed E-state index contributed by atoms with van der Waals surface area (Å²) in [6, 6.07) is 8.94. The molecular weight excluding hydrogens is 324 g/mol. The first-order valence-corrected chi connectivity index (χ1v) is 9.38. The van der Waals surface area contributed by atoms with Gasteiger partial charge >= 0.3 is 0 Å². The summed E-state index contributed by atoms with van der Waals surface area (Å²) in [5, 5.41) is 12.4. The Labute approximate surface area is 151 Å². The third kappa shape index (κ3) is 2.01. The van der Waals surface area contributed by atoms with E-state index >= 15 is 0 Å². The van der Waals surface area contributed by atoms with E-state index in [-0.39, 0.29) is 6.04 Å². The molecule has 130 valence electrons. The average molecular weight is 344 g/mol. The second-order valence-electron chi connectivity index (χ2n) is 7.44. The van der Waals surface area contributed by atoms with Crippen molar-refractivity contribution in [3.8, 4) is 5.75 Å². The summed E-state index contributed by atoms with van der Waals surface area (Å²) in [5.74, 6) is 1.38. The molecule has 0 bridgehead atoms. The van der Waals surface area contributed by atoms with Crippen LogP contribution < -0.4 is 10.1 Å². The lowest BCUT2D eigenvalue weighted by Crippen LogP contribution is -2.35. The number of benzene rings is 1. The number of H-pyrrole nitrogens is 1. The van der Waals surface area contributed by atoms with Crippen LogP contribution in [-0.4, -0.2) is 28.3 Å².